The van der Waals surface area contributed by atoms with Crippen molar-refractivity contribution in [2.75, 3.05) is 18.5 Å². The monoisotopic (exact) mass is 408 g/mol. The van der Waals surface area contributed by atoms with E-state index < -0.39 is 24.4 Å². The van der Waals surface area contributed by atoms with Crippen molar-refractivity contribution >= 4 is 39.4 Å². The highest BCUT2D eigenvalue weighted by atomic mass is 79.9. The van der Waals surface area contributed by atoms with E-state index in [4.69, 9.17) is 9.15 Å². The van der Waals surface area contributed by atoms with Gasteiger partial charge in [-0.25, -0.2) is 4.79 Å². The van der Waals surface area contributed by atoms with E-state index in [0.29, 0.717) is 17.2 Å². The molecule has 0 saturated carbocycles. The van der Waals surface area contributed by atoms with Crippen LogP contribution in [0.15, 0.2) is 39.2 Å². The van der Waals surface area contributed by atoms with Gasteiger partial charge in [0, 0.05) is 4.47 Å². The van der Waals surface area contributed by atoms with E-state index in [-0.39, 0.29) is 12.1 Å². The molecule has 1 heterocycles. The molecule has 0 spiro atoms. The smallest absolute Gasteiger partial charge is 0.342 e. The molecule has 0 bridgehead atoms. The summed E-state index contributed by atoms with van der Waals surface area (Å²) in [6.45, 7) is 2.63. The van der Waals surface area contributed by atoms with E-state index in [1.54, 1.807) is 38.1 Å². The summed E-state index contributed by atoms with van der Waals surface area (Å²) in [6, 6.07) is 8.64. The van der Waals surface area contributed by atoms with Crippen molar-refractivity contribution in [3.63, 3.8) is 0 Å². The minimum Gasteiger partial charge on any atom is -0.466 e. The summed E-state index contributed by atoms with van der Waals surface area (Å²) < 4.78 is 10.9. The molecule has 2 aromatic rings. The van der Waals surface area contributed by atoms with Crippen LogP contribution in [0.1, 0.15) is 21.9 Å². The van der Waals surface area contributed by atoms with Crippen molar-refractivity contribution in [3.8, 4) is 0 Å². The molecule has 2 amide bonds. The molecule has 132 valence electrons. The molecular weight excluding hydrogens is 392 g/mol. The zero-order valence-electron chi connectivity index (χ0n) is 13.7. The number of benzene rings is 1. The molecule has 0 saturated heterocycles. The Balaban J connectivity index is 1.75. The lowest BCUT2D eigenvalue weighted by Crippen LogP contribution is -2.35. The summed E-state index contributed by atoms with van der Waals surface area (Å²) in [5.74, 6) is -0.614. The van der Waals surface area contributed by atoms with Crippen molar-refractivity contribution < 1.29 is 23.5 Å². The average molecular weight is 409 g/mol. The number of hydrogen-bond acceptors (Lipinski definition) is 5. The lowest BCUT2D eigenvalue weighted by atomic mass is 10.2. The number of carbonyl (C=O) groups is 3. The second-order valence-electron chi connectivity index (χ2n) is 5.21. The summed E-state index contributed by atoms with van der Waals surface area (Å²) in [6.07, 6.45) is 0. The predicted molar refractivity (Wildman–Crippen MR) is 94.2 cm³/mol. The maximum Gasteiger partial charge on any atom is 0.342 e. The molecule has 1 aromatic heterocycles. The summed E-state index contributed by atoms with van der Waals surface area (Å²) in [5, 5.41) is 5.03. The number of hydrogen-bond donors (Lipinski definition) is 2. The van der Waals surface area contributed by atoms with Crippen LogP contribution < -0.4 is 10.6 Å². The first-order valence-electron chi connectivity index (χ1n) is 7.42. The van der Waals surface area contributed by atoms with Gasteiger partial charge in [-0.15, -0.1) is 0 Å². The molecule has 25 heavy (non-hydrogen) atoms. The highest BCUT2D eigenvalue weighted by Gasteiger charge is 2.16. The third kappa shape index (κ3) is 5.46. The van der Waals surface area contributed by atoms with Gasteiger partial charge in [-0.05, 0) is 48.0 Å². The van der Waals surface area contributed by atoms with Crippen LogP contribution in [0.5, 0.6) is 0 Å². The maximum absolute atomic E-state index is 11.9. The molecule has 0 aliphatic carbocycles. The lowest BCUT2D eigenvalue weighted by Gasteiger charge is -2.08. The molecule has 0 aliphatic heterocycles. The molecule has 1 aromatic carbocycles. The number of carbonyl (C=O) groups excluding carboxylic acids is 3. The topological polar surface area (TPSA) is 97.6 Å². The van der Waals surface area contributed by atoms with Gasteiger partial charge in [-0.1, -0.05) is 12.1 Å². The van der Waals surface area contributed by atoms with Gasteiger partial charge in [0.1, 0.15) is 17.1 Å². The molecule has 0 unspecified atom stereocenters. The molecule has 2 N–H and O–H groups in total. The van der Waals surface area contributed by atoms with Gasteiger partial charge >= 0.3 is 5.97 Å². The van der Waals surface area contributed by atoms with Crippen LogP contribution in [0.3, 0.4) is 0 Å². The normalized spacial score (nSPS) is 10.2. The van der Waals surface area contributed by atoms with Crippen molar-refractivity contribution in [1.82, 2.24) is 5.32 Å². The van der Waals surface area contributed by atoms with Crippen LogP contribution in [-0.2, 0) is 14.3 Å². The van der Waals surface area contributed by atoms with E-state index in [1.165, 1.54) is 0 Å². The molecule has 0 atom stereocenters. The molecule has 0 aliphatic rings. The van der Waals surface area contributed by atoms with Gasteiger partial charge in [0.05, 0.1) is 12.2 Å². The Bertz CT molecular complexity index is 800. The van der Waals surface area contributed by atoms with Crippen LogP contribution in [0.25, 0.3) is 0 Å². The number of rotatable bonds is 6. The van der Waals surface area contributed by atoms with E-state index in [2.05, 4.69) is 26.6 Å². The predicted octanol–water partition coefficient (Wildman–Crippen LogP) is 2.57. The number of aryl methyl sites for hydroxylation is 2. The molecule has 8 heteroatoms. The average Bonchev–Trinajstić information content (AvgIpc) is 2.91. The minimum absolute atomic E-state index is 0.235. The van der Waals surface area contributed by atoms with Gasteiger partial charge in [0.15, 0.2) is 6.61 Å². The number of para-hydroxylation sites is 1. The zero-order valence-corrected chi connectivity index (χ0v) is 15.3. The van der Waals surface area contributed by atoms with Crippen molar-refractivity contribution in [3.05, 3.63) is 51.9 Å². The maximum atomic E-state index is 11.9. The number of esters is 1. The van der Waals surface area contributed by atoms with Gasteiger partial charge < -0.3 is 19.8 Å². The summed E-state index contributed by atoms with van der Waals surface area (Å²) >= 11 is 3.31. The van der Waals surface area contributed by atoms with Gasteiger partial charge in [0.25, 0.3) is 5.91 Å². The fourth-order valence-electron chi connectivity index (χ4n) is 2.03. The Labute approximate surface area is 152 Å². The minimum atomic E-state index is -0.651. The second kappa shape index (κ2) is 8.48. The molecule has 0 radical (unpaired) electrons. The Morgan fingerprint density at radius 1 is 1.16 bits per heavy atom. The third-order valence-electron chi connectivity index (χ3n) is 3.19. The Morgan fingerprint density at radius 2 is 1.88 bits per heavy atom. The zero-order chi connectivity index (χ0) is 18.4. The summed E-state index contributed by atoms with van der Waals surface area (Å²) in [4.78, 5) is 35.4. The van der Waals surface area contributed by atoms with Crippen LogP contribution >= 0.6 is 15.9 Å². The largest absolute Gasteiger partial charge is 0.466 e. The van der Waals surface area contributed by atoms with Crippen LogP contribution in [-0.4, -0.2) is 30.9 Å². The molecule has 0 fully saturated rings. The van der Waals surface area contributed by atoms with Crippen molar-refractivity contribution in [1.29, 1.82) is 0 Å². The standard InChI is InChI=1S/C17H17BrN2O5/c1-10-7-12(11(2)25-10)17(23)24-9-16(22)19-8-15(21)20-14-6-4-3-5-13(14)18/h3-7H,8-9H2,1-2H3,(H,19,22)(H,20,21). The summed E-state index contributed by atoms with van der Waals surface area (Å²) in [7, 11) is 0. The Kier molecular flexibility index (Phi) is 6.35. The van der Waals surface area contributed by atoms with Gasteiger partial charge in [-0.2, -0.15) is 0 Å². The number of nitrogens with one attached hydrogen (secondary N) is 2. The van der Waals surface area contributed by atoms with Crippen LogP contribution in [0.4, 0.5) is 5.69 Å². The van der Waals surface area contributed by atoms with Crippen LogP contribution in [0, 0.1) is 13.8 Å². The number of ether oxygens (including phenoxy) is 1. The number of amides is 2. The first-order valence-corrected chi connectivity index (χ1v) is 8.21. The van der Waals surface area contributed by atoms with Gasteiger partial charge in [0.2, 0.25) is 5.91 Å². The van der Waals surface area contributed by atoms with E-state index >= 15 is 0 Å². The fourth-order valence-corrected chi connectivity index (χ4v) is 2.41. The molecular formula is C17H17BrN2O5. The number of furan rings is 1. The highest BCUT2D eigenvalue weighted by Crippen LogP contribution is 2.20. The first-order chi connectivity index (χ1) is 11.9. The number of halogens is 1. The van der Waals surface area contributed by atoms with Gasteiger partial charge in [-0.3, -0.25) is 9.59 Å². The fraction of sp³-hybridized carbons (Fsp3) is 0.235. The van der Waals surface area contributed by atoms with Crippen molar-refractivity contribution in [2.24, 2.45) is 0 Å². The summed E-state index contributed by atoms with van der Waals surface area (Å²) in [5.41, 5.74) is 0.871. The lowest BCUT2D eigenvalue weighted by molar-refractivity contribution is -0.126. The Morgan fingerprint density at radius 3 is 2.52 bits per heavy atom. The van der Waals surface area contributed by atoms with Crippen molar-refractivity contribution in [2.45, 2.75) is 13.8 Å². The quantitative estimate of drug-likeness (QED) is 0.715. The van der Waals surface area contributed by atoms with E-state index in [1.807, 2.05) is 6.07 Å². The SMILES string of the molecule is Cc1cc(C(=O)OCC(=O)NCC(=O)Nc2ccccc2Br)c(C)o1. The van der Waals surface area contributed by atoms with E-state index in [9.17, 15) is 14.4 Å². The molecule has 2 rings (SSSR count). The van der Waals surface area contributed by atoms with E-state index in [0.717, 1.165) is 4.47 Å². The van der Waals surface area contributed by atoms with Crippen LogP contribution in [0.2, 0.25) is 0 Å². The molecule has 7 nitrogen and oxygen atoms in total. The first kappa shape index (κ1) is 18.7. The second-order valence-corrected chi connectivity index (χ2v) is 6.06. The third-order valence-corrected chi connectivity index (χ3v) is 3.88. The highest BCUT2D eigenvalue weighted by molar-refractivity contribution is 9.10. The Hall–Kier alpha value is -2.61. The number of anilines is 1.